The Morgan fingerprint density at radius 1 is 1.35 bits per heavy atom. The molecule has 0 atom stereocenters. The average molecular weight is 258 g/mol. The van der Waals surface area contributed by atoms with E-state index in [4.69, 9.17) is 0 Å². The van der Waals surface area contributed by atoms with E-state index in [-0.39, 0.29) is 6.07 Å². The number of aromatic amines is 1. The van der Waals surface area contributed by atoms with Crippen molar-refractivity contribution >= 4 is 5.82 Å². The standard InChI is InChI=1S/C7H3F5N2O3/c8-4(9)2-1-3(7(10,11)12)6(15)13-5(2)14(16)17/h1,4H,(H,13,15). The van der Waals surface area contributed by atoms with Crippen LogP contribution in [0.5, 0.6) is 0 Å². The number of pyridine rings is 1. The maximum atomic E-state index is 12.3. The highest BCUT2D eigenvalue weighted by atomic mass is 19.4. The molecule has 0 aromatic carbocycles. The van der Waals surface area contributed by atoms with Crippen LogP contribution in [0.2, 0.25) is 0 Å². The van der Waals surface area contributed by atoms with Crippen LogP contribution < -0.4 is 5.56 Å². The topological polar surface area (TPSA) is 76.0 Å². The molecule has 0 aliphatic heterocycles. The number of nitro groups is 1. The monoisotopic (exact) mass is 258 g/mol. The second kappa shape index (κ2) is 4.11. The van der Waals surface area contributed by atoms with Gasteiger partial charge in [-0.05, 0) is 11.0 Å². The van der Waals surface area contributed by atoms with E-state index in [0.29, 0.717) is 0 Å². The third kappa shape index (κ3) is 2.57. The number of aromatic nitrogens is 1. The lowest BCUT2D eigenvalue weighted by Crippen LogP contribution is -2.23. The zero-order valence-corrected chi connectivity index (χ0v) is 7.72. The molecule has 1 aromatic rings. The molecule has 0 radical (unpaired) electrons. The molecule has 0 bridgehead atoms. The van der Waals surface area contributed by atoms with Gasteiger partial charge in [0.1, 0.15) is 11.1 Å². The molecule has 0 aliphatic carbocycles. The number of H-pyrrole nitrogens is 1. The van der Waals surface area contributed by atoms with Crippen molar-refractivity contribution < 1.29 is 26.9 Å². The second-order valence-electron chi connectivity index (χ2n) is 2.87. The van der Waals surface area contributed by atoms with E-state index in [0.717, 1.165) is 0 Å². The van der Waals surface area contributed by atoms with Crippen molar-refractivity contribution in [1.29, 1.82) is 0 Å². The lowest BCUT2D eigenvalue weighted by Gasteiger charge is -2.07. The molecule has 0 saturated carbocycles. The molecule has 94 valence electrons. The van der Waals surface area contributed by atoms with Gasteiger partial charge in [0.2, 0.25) is 0 Å². The molecule has 10 heteroatoms. The Labute approximate surface area is 89.0 Å². The molecule has 1 heterocycles. The summed E-state index contributed by atoms with van der Waals surface area (Å²) in [6.45, 7) is 0. The first kappa shape index (κ1) is 13.1. The molecule has 1 N–H and O–H groups in total. The van der Waals surface area contributed by atoms with Gasteiger partial charge in [0.15, 0.2) is 0 Å². The molecular formula is C7H3F5N2O3. The number of hydrogen-bond donors (Lipinski definition) is 1. The van der Waals surface area contributed by atoms with E-state index >= 15 is 0 Å². The molecule has 1 aromatic heterocycles. The number of alkyl halides is 5. The van der Waals surface area contributed by atoms with E-state index < -0.39 is 40.0 Å². The number of hydrogen-bond acceptors (Lipinski definition) is 3. The van der Waals surface area contributed by atoms with Gasteiger partial charge < -0.3 is 10.1 Å². The van der Waals surface area contributed by atoms with Gasteiger partial charge in [0, 0.05) is 0 Å². The van der Waals surface area contributed by atoms with Crippen molar-refractivity contribution in [2.75, 3.05) is 0 Å². The zero-order chi connectivity index (χ0) is 13.4. The average Bonchev–Trinajstić information content (AvgIpc) is 2.14. The van der Waals surface area contributed by atoms with Crippen LogP contribution in [0, 0.1) is 10.1 Å². The van der Waals surface area contributed by atoms with E-state index in [2.05, 4.69) is 0 Å². The predicted molar refractivity (Wildman–Crippen MR) is 43.7 cm³/mol. The fourth-order valence-corrected chi connectivity index (χ4v) is 1.06. The fourth-order valence-electron chi connectivity index (χ4n) is 1.06. The predicted octanol–water partition coefficient (Wildman–Crippen LogP) is 2.24. The van der Waals surface area contributed by atoms with E-state index in [9.17, 15) is 36.9 Å². The molecule has 0 unspecified atom stereocenters. The molecule has 1 rings (SSSR count). The summed E-state index contributed by atoms with van der Waals surface area (Å²) in [6, 6.07) is -0.221. The Bertz CT molecular complexity index is 507. The lowest BCUT2D eigenvalue weighted by molar-refractivity contribution is -0.391. The number of halogens is 5. The normalized spacial score (nSPS) is 11.9. The van der Waals surface area contributed by atoms with Crippen molar-refractivity contribution in [1.82, 2.24) is 4.98 Å². The van der Waals surface area contributed by atoms with Crippen molar-refractivity contribution in [2.24, 2.45) is 0 Å². The summed E-state index contributed by atoms with van der Waals surface area (Å²) >= 11 is 0. The molecule has 5 nitrogen and oxygen atoms in total. The van der Waals surface area contributed by atoms with Crippen LogP contribution in [-0.4, -0.2) is 9.91 Å². The minimum atomic E-state index is -5.16. The van der Waals surface area contributed by atoms with Gasteiger partial charge in [0.25, 0.3) is 6.43 Å². The van der Waals surface area contributed by atoms with Gasteiger partial charge in [-0.3, -0.25) is 0 Å². The van der Waals surface area contributed by atoms with Crippen LogP contribution in [0.3, 0.4) is 0 Å². The first-order chi connectivity index (χ1) is 7.64. The van der Waals surface area contributed by atoms with Crippen LogP contribution in [-0.2, 0) is 6.18 Å². The third-order valence-corrected chi connectivity index (χ3v) is 1.77. The van der Waals surface area contributed by atoms with Gasteiger partial charge in [0.05, 0.1) is 0 Å². The van der Waals surface area contributed by atoms with Crippen LogP contribution >= 0.6 is 0 Å². The summed E-state index contributed by atoms with van der Waals surface area (Å²) in [5.74, 6) is -1.45. The quantitative estimate of drug-likeness (QED) is 0.502. The van der Waals surface area contributed by atoms with Crippen LogP contribution in [0.25, 0.3) is 0 Å². The molecule has 0 aliphatic rings. The number of rotatable bonds is 2. The molecule has 0 saturated heterocycles. The highest BCUT2D eigenvalue weighted by molar-refractivity contribution is 5.37. The summed E-state index contributed by atoms with van der Waals surface area (Å²) in [5.41, 5.74) is -5.23. The minimum Gasteiger partial charge on any atom is -0.358 e. The first-order valence-electron chi connectivity index (χ1n) is 3.91. The van der Waals surface area contributed by atoms with Crippen molar-refractivity contribution in [2.45, 2.75) is 12.6 Å². The van der Waals surface area contributed by atoms with Crippen LogP contribution in [0.1, 0.15) is 17.6 Å². The molecular weight excluding hydrogens is 255 g/mol. The van der Waals surface area contributed by atoms with Crippen LogP contribution in [0.4, 0.5) is 27.8 Å². The van der Waals surface area contributed by atoms with Crippen LogP contribution in [0.15, 0.2) is 10.9 Å². The second-order valence-corrected chi connectivity index (χ2v) is 2.87. The maximum absolute atomic E-state index is 12.3. The minimum absolute atomic E-state index is 0.221. The Kier molecular flexibility index (Phi) is 3.16. The van der Waals surface area contributed by atoms with Gasteiger partial charge in [-0.15, -0.1) is 0 Å². The van der Waals surface area contributed by atoms with Crippen molar-refractivity contribution in [3.63, 3.8) is 0 Å². The molecule has 0 amide bonds. The fraction of sp³-hybridized carbons (Fsp3) is 0.286. The van der Waals surface area contributed by atoms with E-state index in [1.165, 1.54) is 4.98 Å². The van der Waals surface area contributed by atoms with Gasteiger partial charge in [-0.1, -0.05) is 0 Å². The van der Waals surface area contributed by atoms with E-state index in [1.54, 1.807) is 0 Å². The Morgan fingerprint density at radius 3 is 2.24 bits per heavy atom. The van der Waals surface area contributed by atoms with Gasteiger partial charge >= 0.3 is 17.6 Å². The van der Waals surface area contributed by atoms with Crippen molar-refractivity contribution in [3.05, 3.63) is 37.7 Å². The summed E-state index contributed by atoms with van der Waals surface area (Å²) in [4.78, 5) is 20.9. The largest absolute Gasteiger partial charge is 0.423 e. The highest BCUT2D eigenvalue weighted by Gasteiger charge is 2.38. The SMILES string of the molecule is O=c1[nH]c([N+](=O)[O-])c(C(F)F)cc1C(F)(F)F. The van der Waals surface area contributed by atoms with E-state index in [1.807, 2.05) is 0 Å². The number of nitrogens with one attached hydrogen (secondary N) is 1. The summed E-state index contributed by atoms with van der Waals surface area (Å²) < 4.78 is 61.2. The summed E-state index contributed by atoms with van der Waals surface area (Å²) in [5, 5.41) is 10.3. The lowest BCUT2D eigenvalue weighted by atomic mass is 10.2. The first-order valence-corrected chi connectivity index (χ1v) is 3.91. The summed E-state index contributed by atoms with van der Waals surface area (Å²) in [7, 11) is 0. The Hall–Kier alpha value is -2.00. The third-order valence-electron chi connectivity index (χ3n) is 1.77. The smallest absolute Gasteiger partial charge is 0.358 e. The van der Waals surface area contributed by atoms with Crippen molar-refractivity contribution in [3.8, 4) is 0 Å². The van der Waals surface area contributed by atoms with Gasteiger partial charge in [-0.2, -0.15) is 13.2 Å². The molecule has 0 fully saturated rings. The maximum Gasteiger partial charge on any atom is 0.423 e. The Morgan fingerprint density at radius 2 is 1.88 bits per heavy atom. The van der Waals surface area contributed by atoms with Gasteiger partial charge in [-0.25, -0.2) is 18.6 Å². The number of nitrogens with zero attached hydrogens (tertiary/aromatic N) is 1. The summed E-state index contributed by atoms with van der Waals surface area (Å²) in [6.07, 6.45) is -8.67. The zero-order valence-electron chi connectivity index (χ0n) is 7.72. The Balaban J connectivity index is 3.57. The highest BCUT2D eigenvalue weighted by Crippen LogP contribution is 2.32. The molecule has 17 heavy (non-hydrogen) atoms. The molecule has 0 spiro atoms.